The normalized spacial score (nSPS) is 47.2. The number of hydrogen-bond donors (Lipinski definition) is 2. The average Bonchev–Trinajstić information content (AvgIpc) is 2.47. The summed E-state index contributed by atoms with van der Waals surface area (Å²) in [7, 11) is 0. The number of fused-ring (bicyclic) bond motifs is 2. The third kappa shape index (κ3) is 0.960. The van der Waals surface area contributed by atoms with Crippen LogP contribution in [-0.2, 0) is 0 Å². The molecule has 2 saturated carbocycles. The van der Waals surface area contributed by atoms with Crippen LogP contribution in [-0.4, -0.2) is 22.9 Å². The molecule has 2 bridgehead atoms. The maximum Gasteiger partial charge on any atom is 0.0645 e. The molecule has 0 aliphatic heterocycles. The number of hydrogen-bond acceptors (Lipinski definition) is 2. The van der Waals surface area contributed by atoms with Crippen molar-refractivity contribution in [3.8, 4) is 0 Å². The smallest absolute Gasteiger partial charge is 0.0645 e. The summed E-state index contributed by atoms with van der Waals surface area (Å²) in [6.45, 7) is 8.55. The van der Waals surface area contributed by atoms with E-state index in [9.17, 15) is 5.11 Å². The number of aliphatic hydroxyl groups excluding tert-OH is 2. The summed E-state index contributed by atoms with van der Waals surface area (Å²) in [5.41, 5.74) is 1.20. The van der Waals surface area contributed by atoms with Gasteiger partial charge in [0.1, 0.15) is 0 Å². The first kappa shape index (κ1) is 9.22. The topological polar surface area (TPSA) is 40.5 Å². The van der Waals surface area contributed by atoms with Crippen molar-refractivity contribution in [3.63, 3.8) is 0 Å². The minimum absolute atomic E-state index is 0.0652. The Balaban J connectivity index is 2.32. The SMILES string of the molecule is C=C1C2C(CO)CC(C2O)C1(C)C. The van der Waals surface area contributed by atoms with Gasteiger partial charge in [-0.3, -0.25) is 0 Å². The lowest BCUT2D eigenvalue weighted by Gasteiger charge is -2.34. The zero-order valence-corrected chi connectivity index (χ0v) is 8.33. The molecule has 0 amide bonds. The monoisotopic (exact) mass is 182 g/mol. The van der Waals surface area contributed by atoms with Gasteiger partial charge in [0.15, 0.2) is 0 Å². The molecule has 0 aromatic carbocycles. The summed E-state index contributed by atoms with van der Waals surface area (Å²) >= 11 is 0. The molecule has 2 aliphatic rings. The van der Waals surface area contributed by atoms with Gasteiger partial charge in [-0.25, -0.2) is 0 Å². The van der Waals surface area contributed by atoms with Crippen molar-refractivity contribution in [1.82, 2.24) is 0 Å². The van der Waals surface area contributed by atoms with Crippen molar-refractivity contribution < 1.29 is 10.2 Å². The van der Waals surface area contributed by atoms with Crippen molar-refractivity contribution in [2.45, 2.75) is 26.4 Å². The minimum Gasteiger partial charge on any atom is -0.396 e. The highest BCUT2D eigenvalue weighted by Crippen LogP contribution is 2.60. The van der Waals surface area contributed by atoms with Crippen LogP contribution in [0.1, 0.15) is 20.3 Å². The fraction of sp³-hybridized carbons (Fsp3) is 0.818. The summed E-state index contributed by atoms with van der Waals surface area (Å²) in [5.74, 6) is 0.702. The third-order valence-electron chi connectivity index (χ3n) is 4.24. The Morgan fingerprint density at radius 3 is 2.54 bits per heavy atom. The highest BCUT2D eigenvalue weighted by atomic mass is 16.3. The summed E-state index contributed by atoms with van der Waals surface area (Å²) in [6, 6.07) is 0. The Morgan fingerprint density at radius 2 is 2.15 bits per heavy atom. The highest BCUT2D eigenvalue weighted by molar-refractivity contribution is 5.28. The largest absolute Gasteiger partial charge is 0.396 e. The van der Waals surface area contributed by atoms with Crippen LogP contribution in [0, 0.1) is 23.2 Å². The first-order valence-corrected chi connectivity index (χ1v) is 4.98. The van der Waals surface area contributed by atoms with E-state index in [0.29, 0.717) is 5.92 Å². The van der Waals surface area contributed by atoms with Gasteiger partial charge in [-0.15, -0.1) is 0 Å². The van der Waals surface area contributed by atoms with Crippen molar-refractivity contribution in [3.05, 3.63) is 12.2 Å². The van der Waals surface area contributed by atoms with Crippen LogP contribution in [0.2, 0.25) is 0 Å². The molecule has 0 aromatic rings. The Labute approximate surface area is 79.3 Å². The molecule has 74 valence electrons. The van der Waals surface area contributed by atoms with Gasteiger partial charge in [0.05, 0.1) is 6.10 Å². The van der Waals surface area contributed by atoms with E-state index in [0.717, 1.165) is 12.0 Å². The minimum atomic E-state index is -0.264. The molecular weight excluding hydrogens is 164 g/mol. The van der Waals surface area contributed by atoms with Gasteiger partial charge in [-0.1, -0.05) is 26.0 Å². The van der Waals surface area contributed by atoms with Crippen molar-refractivity contribution in [1.29, 1.82) is 0 Å². The van der Waals surface area contributed by atoms with Crippen LogP contribution < -0.4 is 0 Å². The Morgan fingerprint density at radius 1 is 1.54 bits per heavy atom. The molecule has 2 heteroatoms. The first-order chi connectivity index (χ1) is 6.00. The zero-order valence-electron chi connectivity index (χ0n) is 8.33. The van der Waals surface area contributed by atoms with E-state index in [1.54, 1.807) is 0 Å². The molecule has 4 atom stereocenters. The molecule has 0 saturated heterocycles. The summed E-state index contributed by atoms with van der Waals surface area (Å²) in [5, 5.41) is 19.1. The third-order valence-corrected chi connectivity index (χ3v) is 4.24. The van der Waals surface area contributed by atoms with E-state index in [2.05, 4.69) is 20.4 Å². The van der Waals surface area contributed by atoms with E-state index < -0.39 is 0 Å². The van der Waals surface area contributed by atoms with E-state index in [1.165, 1.54) is 0 Å². The molecule has 0 radical (unpaired) electrons. The van der Waals surface area contributed by atoms with Gasteiger partial charge in [0, 0.05) is 12.5 Å². The van der Waals surface area contributed by atoms with Gasteiger partial charge in [0.25, 0.3) is 0 Å². The lowest BCUT2D eigenvalue weighted by molar-refractivity contribution is 0.102. The van der Waals surface area contributed by atoms with Crippen LogP contribution in [0.3, 0.4) is 0 Å². The summed E-state index contributed by atoms with van der Waals surface area (Å²) in [6.07, 6.45) is 0.689. The van der Waals surface area contributed by atoms with E-state index in [-0.39, 0.29) is 30.0 Å². The molecule has 2 nitrogen and oxygen atoms in total. The quantitative estimate of drug-likeness (QED) is 0.598. The predicted molar refractivity (Wildman–Crippen MR) is 51.1 cm³/mol. The van der Waals surface area contributed by atoms with Gasteiger partial charge in [-0.2, -0.15) is 0 Å². The lowest BCUT2D eigenvalue weighted by atomic mass is 9.70. The molecule has 0 spiro atoms. The molecule has 13 heavy (non-hydrogen) atoms. The Hall–Kier alpha value is -0.340. The Bertz CT molecular complexity index is 244. The fourth-order valence-electron chi connectivity index (χ4n) is 3.21. The average molecular weight is 182 g/mol. The van der Waals surface area contributed by atoms with Crippen LogP contribution >= 0.6 is 0 Å². The summed E-state index contributed by atoms with van der Waals surface area (Å²) < 4.78 is 0. The zero-order chi connectivity index (χ0) is 9.80. The molecule has 2 aliphatic carbocycles. The van der Waals surface area contributed by atoms with E-state index >= 15 is 0 Å². The van der Waals surface area contributed by atoms with E-state index in [1.807, 2.05) is 0 Å². The predicted octanol–water partition coefficient (Wildman–Crippen LogP) is 1.19. The molecule has 4 unspecified atom stereocenters. The molecule has 2 N–H and O–H groups in total. The molecule has 0 aromatic heterocycles. The second-order valence-corrected chi connectivity index (χ2v) is 5.05. The highest BCUT2D eigenvalue weighted by Gasteiger charge is 2.58. The molecule has 0 heterocycles. The standard InChI is InChI=1S/C11H18O2/c1-6-9-7(5-12)4-8(10(9)13)11(6,2)3/h7-10,12-13H,1,4-5H2,2-3H3. The van der Waals surface area contributed by atoms with Crippen LogP contribution in [0.4, 0.5) is 0 Å². The van der Waals surface area contributed by atoms with Crippen molar-refractivity contribution >= 4 is 0 Å². The van der Waals surface area contributed by atoms with Gasteiger partial charge >= 0.3 is 0 Å². The second-order valence-electron chi connectivity index (χ2n) is 5.05. The van der Waals surface area contributed by atoms with Gasteiger partial charge < -0.3 is 10.2 Å². The Kier molecular flexibility index (Phi) is 1.83. The summed E-state index contributed by atoms with van der Waals surface area (Å²) in [4.78, 5) is 0. The number of aliphatic hydroxyl groups is 2. The van der Waals surface area contributed by atoms with Crippen molar-refractivity contribution in [2.75, 3.05) is 6.61 Å². The lowest BCUT2D eigenvalue weighted by Crippen LogP contribution is -2.28. The molecular formula is C11H18O2. The van der Waals surface area contributed by atoms with Crippen LogP contribution in [0.25, 0.3) is 0 Å². The fourth-order valence-corrected chi connectivity index (χ4v) is 3.21. The van der Waals surface area contributed by atoms with Crippen molar-refractivity contribution in [2.24, 2.45) is 23.2 Å². The van der Waals surface area contributed by atoms with Crippen LogP contribution in [0.15, 0.2) is 12.2 Å². The van der Waals surface area contributed by atoms with E-state index in [4.69, 9.17) is 5.11 Å². The second kappa shape index (κ2) is 2.58. The molecule has 2 fully saturated rings. The van der Waals surface area contributed by atoms with Crippen LogP contribution in [0.5, 0.6) is 0 Å². The van der Waals surface area contributed by atoms with Gasteiger partial charge in [0.2, 0.25) is 0 Å². The number of rotatable bonds is 1. The molecule has 2 rings (SSSR count). The first-order valence-electron chi connectivity index (χ1n) is 4.98. The maximum atomic E-state index is 9.96. The maximum absolute atomic E-state index is 9.96. The van der Waals surface area contributed by atoms with Gasteiger partial charge in [-0.05, 0) is 23.7 Å².